The minimum Gasteiger partial charge on any atom is -0.497 e. The molecule has 0 unspecified atom stereocenters. The van der Waals surface area contributed by atoms with Crippen LogP contribution >= 0.6 is 0 Å². The van der Waals surface area contributed by atoms with Gasteiger partial charge in [-0.3, -0.25) is 14.6 Å². The second-order valence-corrected chi connectivity index (χ2v) is 7.90. The van der Waals surface area contributed by atoms with E-state index in [4.69, 9.17) is 4.74 Å². The number of hydrogen-bond donors (Lipinski definition) is 0. The Morgan fingerprint density at radius 3 is 2.28 bits per heavy atom. The summed E-state index contributed by atoms with van der Waals surface area (Å²) in [7, 11) is 1.65. The van der Waals surface area contributed by atoms with Crippen LogP contribution in [0.25, 0.3) is 0 Å². The van der Waals surface area contributed by atoms with Crippen molar-refractivity contribution in [2.24, 2.45) is 0 Å². The number of carbonyl (C=O) groups excluding carboxylic acids is 2. The fourth-order valence-electron chi connectivity index (χ4n) is 3.78. The molecule has 3 amide bonds. The van der Waals surface area contributed by atoms with Crippen molar-refractivity contribution in [1.29, 1.82) is 0 Å². The quantitative estimate of drug-likeness (QED) is 0.672. The highest BCUT2D eigenvalue weighted by molar-refractivity contribution is 6.14. The Kier molecular flexibility index (Phi) is 5.28. The first-order valence-electron chi connectivity index (χ1n) is 10.1. The molecule has 4 rings (SSSR count). The number of urea groups is 1. The summed E-state index contributed by atoms with van der Waals surface area (Å²) in [5, 5.41) is 0. The molecule has 1 saturated carbocycles. The van der Waals surface area contributed by atoms with Crippen LogP contribution in [-0.2, 0) is 11.3 Å². The molecular weight excluding hydrogens is 366 g/mol. The second kappa shape index (κ2) is 7.87. The van der Waals surface area contributed by atoms with E-state index in [1.54, 1.807) is 18.9 Å². The first kappa shape index (κ1) is 19.5. The van der Waals surface area contributed by atoms with E-state index in [9.17, 15) is 9.59 Å². The van der Waals surface area contributed by atoms with Crippen LogP contribution in [0, 0.1) is 6.92 Å². The molecule has 29 heavy (non-hydrogen) atoms. The Morgan fingerprint density at radius 1 is 1.03 bits per heavy atom. The van der Waals surface area contributed by atoms with Gasteiger partial charge in [0, 0.05) is 18.3 Å². The molecule has 1 atom stereocenters. The Hall–Kier alpha value is -2.86. The number of hydrogen-bond acceptors (Lipinski definition) is 4. The molecule has 152 valence electrons. The zero-order chi connectivity index (χ0) is 20.5. The van der Waals surface area contributed by atoms with Gasteiger partial charge in [-0.2, -0.15) is 0 Å². The lowest BCUT2D eigenvalue weighted by molar-refractivity contribution is -0.128. The normalized spacial score (nSPS) is 19.4. The molecule has 1 heterocycles. The maximum absolute atomic E-state index is 13.1. The van der Waals surface area contributed by atoms with Crippen molar-refractivity contribution in [2.45, 2.75) is 45.3 Å². The van der Waals surface area contributed by atoms with E-state index in [2.05, 4.69) is 4.90 Å². The fourth-order valence-corrected chi connectivity index (χ4v) is 3.78. The molecule has 1 aliphatic carbocycles. The van der Waals surface area contributed by atoms with Crippen molar-refractivity contribution >= 4 is 17.6 Å². The Bertz CT molecular complexity index is 891. The van der Waals surface area contributed by atoms with Gasteiger partial charge in [0.05, 0.1) is 13.8 Å². The molecule has 0 spiro atoms. The zero-order valence-electron chi connectivity index (χ0n) is 17.2. The average Bonchev–Trinajstić information content (AvgIpc) is 3.55. The fraction of sp³-hybridized carbons (Fsp3) is 0.391. The van der Waals surface area contributed by atoms with Crippen LogP contribution < -0.4 is 9.64 Å². The summed E-state index contributed by atoms with van der Waals surface area (Å²) in [4.78, 5) is 31.2. The van der Waals surface area contributed by atoms with Gasteiger partial charge in [0.25, 0.3) is 5.91 Å². The van der Waals surface area contributed by atoms with Gasteiger partial charge in [-0.15, -0.1) is 0 Å². The number of methoxy groups -OCH3 is 1. The molecule has 1 saturated heterocycles. The maximum atomic E-state index is 13.1. The summed E-state index contributed by atoms with van der Waals surface area (Å²) in [6.07, 6.45) is 2.20. The third-order valence-electron chi connectivity index (χ3n) is 5.69. The predicted octanol–water partition coefficient (Wildman–Crippen LogP) is 3.78. The molecule has 2 aromatic carbocycles. The number of carbonyl (C=O) groups is 2. The minimum atomic E-state index is -0.493. The highest BCUT2D eigenvalue weighted by Crippen LogP contribution is 2.31. The van der Waals surface area contributed by atoms with Gasteiger partial charge in [0.1, 0.15) is 11.8 Å². The van der Waals surface area contributed by atoms with Crippen molar-refractivity contribution in [3.63, 3.8) is 0 Å². The summed E-state index contributed by atoms with van der Waals surface area (Å²) >= 11 is 0. The number of imide groups is 1. The van der Waals surface area contributed by atoms with E-state index in [1.165, 1.54) is 4.90 Å². The summed E-state index contributed by atoms with van der Waals surface area (Å²) in [5.74, 6) is 0.676. The SMILES string of the molecule is COc1ccc(CN(CN2C(=O)[C@H](C)N(c3ccc(C)cc3)C2=O)C2CC2)cc1. The number of aryl methyl sites for hydroxylation is 1. The van der Waals surface area contributed by atoms with Crippen LogP contribution in [0.2, 0.25) is 0 Å². The summed E-state index contributed by atoms with van der Waals surface area (Å²) in [6.45, 7) is 4.82. The second-order valence-electron chi connectivity index (χ2n) is 7.90. The lowest BCUT2D eigenvalue weighted by Crippen LogP contribution is -2.43. The van der Waals surface area contributed by atoms with E-state index in [-0.39, 0.29) is 11.9 Å². The molecule has 2 fully saturated rings. The molecule has 0 N–H and O–H groups in total. The number of amides is 3. The van der Waals surface area contributed by atoms with Crippen molar-refractivity contribution in [1.82, 2.24) is 9.80 Å². The molecular formula is C23H27N3O3. The van der Waals surface area contributed by atoms with Crippen LogP contribution in [0.3, 0.4) is 0 Å². The standard InChI is InChI=1S/C23H27N3O3/c1-16-4-8-20(9-5-16)26-17(2)22(27)25(23(26)28)15-24(19-10-11-19)14-18-6-12-21(29-3)13-7-18/h4-9,12-13,17,19H,10-11,14-15H2,1-3H3/t17-/m0/s1. The third-order valence-corrected chi connectivity index (χ3v) is 5.69. The largest absolute Gasteiger partial charge is 0.497 e. The Balaban J connectivity index is 1.50. The first-order valence-corrected chi connectivity index (χ1v) is 10.1. The number of anilines is 1. The van der Waals surface area contributed by atoms with Gasteiger partial charge in [-0.25, -0.2) is 9.69 Å². The maximum Gasteiger partial charge on any atom is 0.333 e. The van der Waals surface area contributed by atoms with Crippen molar-refractivity contribution in [2.75, 3.05) is 18.7 Å². The summed E-state index contributed by atoms with van der Waals surface area (Å²) in [6, 6.07) is 15.3. The molecule has 2 aromatic rings. The number of benzene rings is 2. The molecule has 0 aromatic heterocycles. The van der Waals surface area contributed by atoms with E-state index < -0.39 is 6.04 Å². The molecule has 0 bridgehead atoms. The highest BCUT2D eigenvalue weighted by Gasteiger charge is 2.45. The van der Waals surface area contributed by atoms with Crippen LogP contribution in [0.4, 0.5) is 10.5 Å². The molecule has 6 nitrogen and oxygen atoms in total. The van der Waals surface area contributed by atoms with Gasteiger partial charge in [-0.05, 0) is 56.5 Å². The van der Waals surface area contributed by atoms with E-state index in [0.717, 1.165) is 35.4 Å². The summed E-state index contributed by atoms with van der Waals surface area (Å²) in [5.41, 5.74) is 3.02. The Morgan fingerprint density at radius 2 is 1.69 bits per heavy atom. The number of nitrogens with zero attached hydrogens (tertiary/aromatic N) is 3. The van der Waals surface area contributed by atoms with Crippen LogP contribution in [0.15, 0.2) is 48.5 Å². The predicted molar refractivity (Wildman–Crippen MR) is 112 cm³/mol. The average molecular weight is 393 g/mol. The molecule has 2 aliphatic rings. The molecule has 6 heteroatoms. The monoisotopic (exact) mass is 393 g/mol. The minimum absolute atomic E-state index is 0.143. The van der Waals surface area contributed by atoms with Gasteiger partial charge >= 0.3 is 6.03 Å². The van der Waals surface area contributed by atoms with Gasteiger partial charge < -0.3 is 4.74 Å². The smallest absolute Gasteiger partial charge is 0.333 e. The van der Waals surface area contributed by atoms with Crippen molar-refractivity contribution < 1.29 is 14.3 Å². The Labute approximate surface area is 171 Å². The van der Waals surface area contributed by atoms with Crippen LogP contribution in [-0.4, -0.2) is 47.6 Å². The topological polar surface area (TPSA) is 53.1 Å². The molecule has 0 radical (unpaired) electrons. The van der Waals surface area contributed by atoms with E-state index in [1.807, 2.05) is 55.5 Å². The van der Waals surface area contributed by atoms with Gasteiger partial charge in [0.15, 0.2) is 0 Å². The van der Waals surface area contributed by atoms with Gasteiger partial charge in [0.2, 0.25) is 0 Å². The zero-order valence-corrected chi connectivity index (χ0v) is 17.2. The van der Waals surface area contributed by atoms with E-state index >= 15 is 0 Å². The lowest BCUT2D eigenvalue weighted by Gasteiger charge is -2.27. The van der Waals surface area contributed by atoms with Crippen LogP contribution in [0.5, 0.6) is 5.75 Å². The van der Waals surface area contributed by atoms with Crippen molar-refractivity contribution in [3.8, 4) is 5.75 Å². The highest BCUT2D eigenvalue weighted by atomic mass is 16.5. The van der Waals surface area contributed by atoms with Gasteiger partial charge in [-0.1, -0.05) is 29.8 Å². The number of rotatable bonds is 7. The number of ether oxygens (including phenoxy) is 1. The summed E-state index contributed by atoms with van der Waals surface area (Å²) < 4.78 is 5.23. The van der Waals surface area contributed by atoms with Crippen LogP contribution in [0.1, 0.15) is 30.9 Å². The van der Waals surface area contributed by atoms with E-state index in [0.29, 0.717) is 19.3 Å². The molecule has 1 aliphatic heterocycles. The van der Waals surface area contributed by atoms with Crippen molar-refractivity contribution in [3.05, 3.63) is 59.7 Å². The first-order chi connectivity index (χ1) is 14.0. The third kappa shape index (κ3) is 3.98. The lowest BCUT2D eigenvalue weighted by atomic mass is 10.2.